The van der Waals surface area contributed by atoms with E-state index in [1.54, 1.807) is 0 Å². The molecule has 0 aliphatic carbocycles. The van der Waals surface area contributed by atoms with E-state index >= 15 is 0 Å². The van der Waals surface area contributed by atoms with Gasteiger partial charge in [-0.1, -0.05) is 0 Å². The van der Waals surface area contributed by atoms with Crippen LogP contribution in [0.1, 0.15) is 109 Å². The third kappa shape index (κ3) is 11.6. The number of rotatable bonds is 16. The summed E-state index contributed by atoms with van der Waals surface area (Å²) in [7, 11) is 0. The molecule has 0 bridgehead atoms. The van der Waals surface area contributed by atoms with Crippen LogP contribution in [-0.4, -0.2) is 36.3 Å². The maximum atomic E-state index is 13.3. The van der Waals surface area contributed by atoms with Gasteiger partial charge in [-0.2, -0.15) is 0 Å². The van der Waals surface area contributed by atoms with Gasteiger partial charge in [0.2, 0.25) is 0 Å². The van der Waals surface area contributed by atoms with Crippen LogP contribution in [0.4, 0.5) is 0 Å². The van der Waals surface area contributed by atoms with Gasteiger partial charge in [-0.25, -0.2) is 0 Å². The molecule has 0 amide bonds. The van der Waals surface area contributed by atoms with E-state index in [1.807, 2.05) is 83.1 Å². The van der Waals surface area contributed by atoms with Crippen molar-refractivity contribution in [2.75, 3.05) is 13.2 Å². The normalized spacial score (nSPS) is 13.6. The zero-order valence-electron chi connectivity index (χ0n) is 24.6. The minimum absolute atomic E-state index is 0.0865. The first-order valence-electron chi connectivity index (χ1n) is 13.0. The SMILES string of the molecule is CCC[O][Zr]([CH2]C(C)(C)C(=O)CC(=O)C(C)(C)C)([CH2]C(C)(C)C(=O)CC(=O)C(C)(C)C)[O]CCC. The van der Waals surface area contributed by atoms with Crippen molar-refractivity contribution >= 4 is 23.1 Å². The number of hydrogen-bond donors (Lipinski definition) is 0. The molecule has 0 N–H and O–H groups in total. The average molecular weight is 576 g/mol. The second-order valence-corrected chi connectivity index (χ2v) is 20.9. The Kier molecular flexibility index (Phi) is 13.1. The number of carbonyl (C=O) groups excluding carboxylic acids is 4. The molecule has 0 fully saturated rings. The molecule has 0 atom stereocenters. The molecular weight excluding hydrogens is 524 g/mol. The molecule has 0 saturated heterocycles. The van der Waals surface area contributed by atoms with Gasteiger partial charge in [0.15, 0.2) is 0 Å². The molecule has 0 rings (SSSR count). The molecule has 0 aromatic rings. The molecule has 0 heterocycles. The summed E-state index contributed by atoms with van der Waals surface area (Å²) in [6, 6.07) is 0. The predicted molar refractivity (Wildman–Crippen MR) is 138 cm³/mol. The summed E-state index contributed by atoms with van der Waals surface area (Å²) in [5, 5.41) is 0. The van der Waals surface area contributed by atoms with Gasteiger partial charge in [-0.3, -0.25) is 0 Å². The van der Waals surface area contributed by atoms with Crippen molar-refractivity contribution < 1.29 is 46.0 Å². The molecule has 0 aliphatic heterocycles. The summed E-state index contributed by atoms with van der Waals surface area (Å²) in [5.41, 5.74) is -2.81. The van der Waals surface area contributed by atoms with E-state index in [2.05, 4.69) is 0 Å². The first kappa shape index (κ1) is 34.5. The Morgan fingerprint density at radius 2 is 0.829 bits per heavy atom. The summed E-state index contributed by atoms with van der Waals surface area (Å²) in [6.45, 7) is 23.4. The predicted octanol–water partition coefficient (Wildman–Crippen LogP) is 6.86. The fourth-order valence-electron chi connectivity index (χ4n) is 3.73. The fourth-order valence-corrected chi connectivity index (χ4v) is 15.7. The Bertz CT molecular complexity index is 688. The van der Waals surface area contributed by atoms with Crippen molar-refractivity contribution in [1.82, 2.24) is 0 Å². The quantitative estimate of drug-likeness (QED) is 0.187. The third-order valence-corrected chi connectivity index (χ3v) is 17.0. The molecule has 0 saturated carbocycles. The Labute approximate surface area is 220 Å². The van der Waals surface area contributed by atoms with Crippen molar-refractivity contribution in [3.8, 4) is 0 Å². The summed E-state index contributed by atoms with van der Waals surface area (Å²) >= 11 is -4.06. The van der Waals surface area contributed by atoms with E-state index in [9.17, 15) is 19.2 Å². The van der Waals surface area contributed by atoms with Crippen LogP contribution in [0.5, 0.6) is 0 Å². The number of Topliss-reactive ketones (excluding diaryl/α,β-unsaturated/α-hetero) is 4. The van der Waals surface area contributed by atoms with Crippen LogP contribution in [0.25, 0.3) is 0 Å². The van der Waals surface area contributed by atoms with Crippen LogP contribution in [-0.2, 0) is 46.0 Å². The fraction of sp³-hybridized carbons (Fsp3) is 0.857. The van der Waals surface area contributed by atoms with Crippen LogP contribution >= 0.6 is 0 Å². The van der Waals surface area contributed by atoms with Crippen molar-refractivity contribution in [3.05, 3.63) is 0 Å². The van der Waals surface area contributed by atoms with Gasteiger partial charge in [0.1, 0.15) is 0 Å². The second kappa shape index (κ2) is 13.3. The van der Waals surface area contributed by atoms with E-state index in [-0.39, 0.29) is 36.0 Å². The van der Waals surface area contributed by atoms with Gasteiger partial charge in [-0.15, -0.1) is 0 Å². The molecule has 0 aliphatic rings. The van der Waals surface area contributed by atoms with Crippen molar-refractivity contribution in [1.29, 1.82) is 0 Å². The van der Waals surface area contributed by atoms with E-state index in [0.29, 0.717) is 21.5 Å². The molecular formula is C28H52O6Zr. The van der Waals surface area contributed by atoms with Crippen LogP contribution in [0.2, 0.25) is 8.26 Å². The average Bonchev–Trinajstić information content (AvgIpc) is 2.68. The Morgan fingerprint density at radius 1 is 0.543 bits per heavy atom. The first-order valence-corrected chi connectivity index (χ1v) is 18.5. The summed E-state index contributed by atoms with van der Waals surface area (Å²) < 4.78 is 13.9. The second-order valence-electron chi connectivity index (χ2n) is 13.3. The van der Waals surface area contributed by atoms with E-state index in [1.165, 1.54) is 0 Å². The standard InChI is InChI=1S/2C11H19O2.2C3H7O.Zr/c2*1-10(2,3)8(12)7-9(13)11(4,5)6;2*1-2-3-4;/h2*1,7H2,2-6H3;2*2-3H2,1H3;/q;;2*-1;+2. The molecule has 35 heavy (non-hydrogen) atoms. The monoisotopic (exact) mass is 574 g/mol. The molecule has 7 heteroatoms. The Morgan fingerprint density at radius 3 is 1.06 bits per heavy atom. The molecule has 204 valence electrons. The summed E-state index contributed by atoms with van der Waals surface area (Å²) in [5.74, 6) is -0.412. The van der Waals surface area contributed by atoms with Gasteiger partial charge in [0, 0.05) is 0 Å². The number of hydrogen-bond acceptors (Lipinski definition) is 6. The molecule has 0 aromatic carbocycles. The van der Waals surface area contributed by atoms with Gasteiger partial charge >= 0.3 is 221 Å². The topological polar surface area (TPSA) is 86.7 Å². The molecule has 0 spiro atoms. The Balaban J connectivity index is 6.12. The first-order chi connectivity index (χ1) is 15.6. The molecule has 6 nitrogen and oxygen atoms in total. The summed E-state index contributed by atoms with van der Waals surface area (Å²) in [4.78, 5) is 51.8. The molecule has 0 aromatic heterocycles. The Hall–Kier alpha value is -0.517. The van der Waals surface area contributed by atoms with Gasteiger partial charge in [-0.05, 0) is 0 Å². The van der Waals surface area contributed by atoms with Crippen LogP contribution < -0.4 is 0 Å². The van der Waals surface area contributed by atoms with Gasteiger partial charge in [0.25, 0.3) is 0 Å². The van der Waals surface area contributed by atoms with Crippen molar-refractivity contribution in [2.45, 2.75) is 117 Å². The van der Waals surface area contributed by atoms with Crippen molar-refractivity contribution in [2.24, 2.45) is 21.7 Å². The zero-order valence-corrected chi connectivity index (χ0v) is 27.1. The van der Waals surface area contributed by atoms with E-state index in [4.69, 9.17) is 5.63 Å². The van der Waals surface area contributed by atoms with Crippen molar-refractivity contribution in [3.63, 3.8) is 0 Å². The van der Waals surface area contributed by atoms with Gasteiger partial charge in [0.05, 0.1) is 0 Å². The third-order valence-electron chi connectivity index (χ3n) is 6.39. The number of ketones is 4. The van der Waals surface area contributed by atoms with E-state index in [0.717, 1.165) is 12.8 Å². The zero-order chi connectivity index (χ0) is 27.9. The van der Waals surface area contributed by atoms with Gasteiger partial charge < -0.3 is 0 Å². The maximum absolute atomic E-state index is 13.3. The van der Waals surface area contributed by atoms with Crippen LogP contribution in [0.15, 0.2) is 0 Å². The van der Waals surface area contributed by atoms with Crippen LogP contribution in [0, 0.1) is 21.7 Å². The minimum atomic E-state index is -4.06. The van der Waals surface area contributed by atoms with Crippen LogP contribution in [0.3, 0.4) is 0 Å². The molecule has 0 radical (unpaired) electrons. The number of carbonyl (C=O) groups is 4. The van der Waals surface area contributed by atoms with E-state index < -0.39 is 42.8 Å². The molecule has 0 unspecified atom stereocenters. The summed E-state index contributed by atoms with van der Waals surface area (Å²) in [6.07, 6.45) is 1.34.